The summed E-state index contributed by atoms with van der Waals surface area (Å²) in [7, 11) is 0. The minimum Gasteiger partial charge on any atom is -0.383 e. The Kier molecular flexibility index (Phi) is 4.12. The Labute approximate surface area is 92.1 Å². The molecule has 2 N–H and O–H groups in total. The minimum atomic E-state index is -4.19. The van der Waals surface area contributed by atoms with Crippen LogP contribution >= 0.6 is 0 Å². The summed E-state index contributed by atoms with van der Waals surface area (Å²) in [6, 6.07) is 3.34. The zero-order chi connectivity index (χ0) is 12.2. The van der Waals surface area contributed by atoms with Crippen LogP contribution in [0.4, 0.5) is 19.0 Å². The van der Waals surface area contributed by atoms with E-state index in [1.165, 1.54) is 11.1 Å². The SMILES string of the molecule is CCN(Cc1cccnc1N)CC(F)(F)F. The average Bonchev–Trinajstić information content (AvgIpc) is 2.18. The lowest BCUT2D eigenvalue weighted by atomic mass is 10.2. The van der Waals surface area contributed by atoms with Crippen LogP contribution in [0, 0.1) is 0 Å². The van der Waals surface area contributed by atoms with Crippen LogP contribution in [0.3, 0.4) is 0 Å². The third kappa shape index (κ3) is 4.06. The third-order valence-electron chi connectivity index (χ3n) is 2.17. The first kappa shape index (κ1) is 12.8. The molecule has 1 aromatic rings. The van der Waals surface area contributed by atoms with Gasteiger partial charge in [0.1, 0.15) is 5.82 Å². The Hall–Kier alpha value is -1.30. The Balaban J connectivity index is 2.67. The molecule has 6 heteroatoms. The molecular weight excluding hydrogens is 219 g/mol. The van der Waals surface area contributed by atoms with Crippen molar-refractivity contribution in [3.8, 4) is 0 Å². The fourth-order valence-electron chi connectivity index (χ4n) is 1.36. The summed E-state index contributed by atoms with van der Waals surface area (Å²) in [5, 5.41) is 0. The lowest BCUT2D eigenvalue weighted by Crippen LogP contribution is -2.33. The summed E-state index contributed by atoms with van der Waals surface area (Å²) in [5.74, 6) is 0.281. The summed E-state index contributed by atoms with van der Waals surface area (Å²) in [5.41, 5.74) is 6.19. The maximum absolute atomic E-state index is 12.2. The first-order valence-corrected chi connectivity index (χ1v) is 4.91. The average molecular weight is 233 g/mol. The van der Waals surface area contributed by atoms with Gasteiger partial charge in [-0.2, -0.15) is 13.2 Å². The van der Waals surface area contributed by atoms with Crippen LogP contribution in [0.1, 0.15) is 12.5 Å². The van der Waals surface area contributed by atoms with Crippen LogP contribution in [0.25, 0.3) is 0 Å². The van der Waals surface area contributed by atoms with Crippen LogP contribution in [0.5, 0.6) is 0 Å². The van der Waals surface area contributed by atoms with E-state index < -0.39 is 12.7 Å². The van der Waals surface area contributed by atoms with Gasteiger partial charge in [-0.15, -0.1) is 0 Å². The maximum atomic E-state index is 12.2. The van der Waals surface area contributed by atoms with Gasteiger partial charge in [-0.1, -0.05) is 13.0 Å². The number of nitrogens with zero attached hydrogens (tertiary/aromatic N) is 2. The van der Waals surface area contributed by atoms with Crippen molar-refractivity contribution in [2.75, 3.05) is 18.8 Å². The molecule has 0 spiro atoms. The molecule has 0 aliphatic rings. The van der Waals surface area contributed by atoms with Crippen molar-refractivity contribution in [1.82, 2.24) is 9.88 Å². The lowest BCUT2D eigenvalue weighted by Gasteiger charge is -2.22. The fraction of sp³-hybridized carbons (Fsp3) is 0.500. The second-order valence-electron chi connectivity index (χ2n) is 3.47. The molecule has 0 amide bonds. The maximum Gasteiger partial charge on any atom is 0.401 e. The highest BCUT2D eigenvalue weighted by atomic mass is 19.4. The largest absolute Gasteiger partial charge is 0.401 e. The second kappa shape index (κ2) is 5.16. The smallest absolute Gasteiger partial charge is 0.383 e. The van der Waals surface area contributed by atoms with E-state index in [2.05, 4.69) is 4.98 Å². The van der Waals surface area contributed by atoms with E-state index in [1.54, 1.807) is 19.1 Å². The van der Waals surface area contributed by atoms with Gasteiger partial charge in [0.05, 0.1) is 6.54 Å². The van der Waals surface area contributed by atoms with Gasteiger partial charge < -0.3 is 5.73 Å². The number of nitrogen functional groups attached to an aromatic ring is 1. The van der Waals surface area contributed by atoms with Gasteiger partial charge in [0.2, 0.25) is 0 Å². The van der Waals surface area contributed by atoms with Gasteiger partial charge in [0.25, 0.3) is 0 Å². The number of alkyl halides is 3. The number of hydrogen-bond acceptors (Lipinski definition) is 3. The molecular formula is C10H14F3N3. The molecule has 1 aromatic heterocycles. The second-order valence-corrected chi connectivity index (χ2v) is 3.47. The van der Waals surface area contributed by atoms with E-state index in [9.17, 15) is 13.2 Å². The van der Waals surface area contributed by atoms with E-state index in [0.29, 0.717) is 12.1 Å². The quantitative estimate of drug-likeness (QED) is 0.865. The number of rotatable bonds is 4. The van der Waals surface area contributed by atoms with Crippen molar-refractivity contribution < 1.29 is 13.2 Å². The highest BCUT2D eigenvalue weighted by molar-refractivity contribution is 5.38. The van der Waals surface area contributed by atoms with Gasteiger partial charge in [0, 0.05) is 18.3 Å². The van der Waals surface area contributed by atoms with E-state index in [-0.39, 0.29) is 12.4 Å². The Morgan fingerprint density at radius 1 is 1.44 bits per heavy atom. The van der Waals surface area contributed by atoms with Crippen LogP contribution in [0.2, 0.25) is 0 Å². The molecule has 3 nitrogen and oxygen atoms in total. The number of hydrogen-bond donors (Lipinski definition) is 1. The van der Waals surface area contributed by atoms with Crippen molar-refractivity contribution >= 4 is 5.82 Å². The number of nitrogens with two attached hydrogens (primary N) is 1. The van der Waals surface area contributed by atoms with Crippen molar-refractivity contribution in [2.45, 2.75) is 19.6 Å². The molecule has 0 radical (unpaired) electrons. The first-order valence-electron chi connectivity index (χ1n) is 4.91. The molecule has 1 heterocycles. The summed E-state index contributed by atoms with van der Waals surface area (Å²) in [6.45, 7) is 1.22. The van der Waals surface area contributed by atoms with Crippen LogP contribution in [-0.4, -0.2) is 29.1 Å². The Morgan fingerprint density at radius 3 is 2.62 bits per heavy atom. The number of halogens is 3. The molecule has 16 heavy (non-hydrogen) atoms. The molecule has 0 atom stereocenters. The third-order valence-corrected chi connectivity index (χ3v) is 2.17. The van der Waals surface area contributed by atoms with Crippen molar-refractivity contribution in [3.63, 3.8) is 0 Å². The van der Waals surface area contributed by atoms with Crippen LogP contribution < -0.4 is 5.73 Å². The molecule has 0 aliphatic heterocycles. The number of pyridine rings is 1. The van der Waals surface area contributed by atoms with Crippen LogP contribution in [0.15, 0.2) is 18.3 Å². The molecule has 0 aliphatic carbocycles. The van der Waals surface area contributed by atoms with Gasteiger partial charge in [-0.3, -0.25) is 4.90 Å². The molecule has 0 bridgehead atoms. The lowest BCUT2D eigenvalue weighted by molar-refractivity contribution is -0.146. The van der Waals surface area contributed by atoms with Gasteiger partial charge in [-0.05, 0) is 12.6 Å². The van der Waals surface area contributed by atoms with Crippen molar-refractivity contribution in [3.05, 3.63) is 23.9 Å². The highest BCUT2D eigenvalue weighted by Gasteiger charge is 2.30. The zero-order valence-electron chi connectivity index (χ0n) is 8.96. The van der Waals surface area contributed by atoms with E-state index in [1.807, 2.05) is 0 Å². The summed E-state index contributed by atoms with van der Waals surface area (Å²) < 4.78 is 36.6. The van der Waals surface area contributed by atoms with Gasteiger partial charge in [0.15, 0.2) is 0 Å². The first-order chi connectivity index (χ1) is 7.42. The molecule has 1 rings (SSSR count). The van der Waals surface area contributed by atoms with Crippen molar-refractivity contribution in [1.29, 1.82) is 0 Å². The molecule has 0 saturated heterocycles. The zero-order valence-corrected chi connectivity index (χ0v) is 8.96. The summed E-state index contributed by atoms with van der Waals surface area (Å²) in [6.07, 6.45) is -2.67. The number of aromatic nitrogens is 1. The predicted octanol–water partition coefficient (Wildman–Crippen LogP) is 2.05. The van der Waals surface area contributed by atoms with Crippen molar-refractivity contribution in [2.24, 2.45) is 0 Å². The minimum absolute atomic E-state index is 0.162. The van der Waals surface area contributed by atoms with Gasteiger partial charge in [-0.25, -0.2) is 4.98 Å². The summed E-state index contributed by atoms with van der Waals surface area (Å²) >= 11 is 0. The number of anilines is 1. The fourth-order valence-corrected chi connectivity index (χ4v) is 1.36. The molecule has 0 aromatic carbocycles. The Bertz CT molecular complexity index is 338. The van der Waals surface area contributed by atoms with E-state index in [4.69, 9.17) is 5.73 Å². The standard InChI is InChI=1S/C10H14F3N3/c1-2-16(7-10(11,12)13)6-8-4-3-5-15-9(8)14/h3-5H,2,6-7H2,1H3,(H2,14,15). The molecule has 0 fully saturated rings. The van der Waals surface area contributed by atoms with Gasteiger partial charge >= 0.3 is 6.18 Å². The van der Waals surface area contributed by atoms with E-state index >= 15 is 0 Å². The highest BCUT2D eigenvalue weighted by Crippen LogP contribution is 2.18. The molecule has 90 valence electrons. The van der Waals surface area contributed by atoms with E-state index in [0.717, 1.165) is 0 Å². The van der Waals surface area contributed by atoms with Crippen LogP contribution in [-0.2, 0) is 6.54 Å². The topological polar surface area (TPSA) is 42.2 Å². The molecule has 0 unspecified atom stereocenters. The monoisotopic (exact) mass is 233 g/mol. The normalized spacial score (nSPS) is 12.1. The molecule has 0 saturated carbocycles. The summed E-state index contributed by atoms with van der Waals surface area (Å²) in [4.78, 5) is 5.10. The Morgan fingerprint density at radius 2 is 2.12 bits per heavy atom. The predicted molar refractivity (Wildman–Crippen MR) is 55.7 cm³/mol.